The number of hydrogen-bond acceptors (Lipinski definition) is 5. The van der Waals surface area contributed by atoms with Crippen LogP contribution in [0.25, 0.3) is 11.0 Å². The predicted octanol–water partition coefficient (Wildman–Crippen LogP) is 1.74. The van der Waals surface area contributed by atoms with Gasteiger partial charge in [0.25, 0.3) is 5.91 Å². The number of rotatable bonds is 3. The van der Waals surface area contributed by atoms with Crippen molar-refractivity contribution in [1.29, 1.82) is 0 Å². The second-order valence-corrected chi connectivity index (χ2v) is 5.88. The van der Waals surface area contributed by atoms with E-state index >= 15 is 0 Å². The molecular formula is C15H17N5O2S. The second kappa shape index (κ2) is 6.33. The second-order valence-electron chi connectivity index (χ2n) is 5.49. The molecule has 1 fully saturated rings. The maximum atomic E-state index is 12.8. The van der Waals surface area contributed by atoms with Gasteiger partial charge in [0.05, 0.1) is 0 Å². The molecule has 0 saturated carbocycles. The summed E-state index contributed by atoms with van der Waals surface area (Å²) >= 11 is 5.38. The molecule has 1 saturated heterocycles. The van der Waals surface area contributed by atoms with E-state index < -0.39 is 0 Å². The van der Waals surface area contributed by atoms with Crippen LogP contribution < -0.4 is 5.32 Å². The Balaban J connectivity index is 1.77. The van der Waals surface area contributed by atoms with Gasteiger partial charge in [0.15, 0.2) is 5.11 Å². The summed E-state index contributed by atoms with van der Waals surface area (Å²) in [5.74, 6) is -0.119. The fraction of sp³-hybridized carbons (Fsp3) is 0.333. The third-order valence-electron chi connectivity index (χ3n) is 3.54. The van der Waals surface area contributed by atoms with Gasteiger partial charge in [-0.1, -0.05) is 12.2 Å². The molecule has 0 bridgehead atoms. The lowest BCUT2D eigenvalue weighted by Gasteiger charge is -2.30. The highest BCUT2D eigenvalue weighted by Gasteiger charge is 2.29. The van der Waals surface area contributed by atoms with Crippen molar-refractivity contribution in [3.63, 3.8) is 0 Å². The number of hydrogen-bond donors (Lipinski definition) is 1. The monoisotopic (exact) mass is 331 g/mol. The molecule has 1 aromatic heterocycles. The third-order valence-corrected chi connectivity index (χ3v) is 3.90. The number of fused-ring (bicyclic) bond motifs is 1. The first-order valence-corrected chi connectivity index (χ1v) is 7.71. The van der Waals surface area contributed by atoms with Crippen LogP contribution in [0.3, 0.4) is 0 Å². The summed E-state index contributed by atoms with van der Waals surface area (Å²) in [4.78, 5) is 12.8. The van der Waals surface area contributed by atoms with Gasteiger partial charge in [-0.15, -0.1) is 0 Å². The molecular weight excluding hydrogens is 314 g/mol. The molecule has 1 amide bonds. The van der Waals surface area contributed by atoms with Crippen LogP contribution in [-0.4, -0.2) is 51.0 Å². The van der Waals surface area contributed by atoms with Crippen molar-refractivity contribution in [1.82, 2.24) is 25.6 Å². The van der Waals surface area contributed by atoms with Crippen molar-refractivity contribution in [3.8, 4) is 0 Å². The third kappa shape index (κ3) is 3.16. The molecule has 0 radical (unpaired) electrons. The average molecular weight is 331 g/mol. The number of nitrogens with zero attached hydrogens (tertiary/aromatic N) is 4. The minimum atomic E-state index is -0.119. The molecule has 2 aromatic rings. The zero-order valence-corrected chi connectivity index (χ0v) is 13.6. The highest BCUT2D eigenvalue weighted by atomic mass is 32.1. The zero-order chi connectivity index (χ0) is 16.4. The lowest BCUT2D eigenvalue weighted by atomic mass is 10.2. The molecule has 1 aliphatic heterocycles. The Hall–Kier alpha value is -2.48. The van der Waals surface area contributed by atoms with Crippen LogP contribution in [-0.2, 0) is 0 Å². The number of hydrazine groups is 1. The Bertz CT molecular complexity index is 772. The van der Waals surface area contributed by atoms with Crippen LogP contribution in [0.5, 0.6) is 0 Å². The maximum Gasteiger partial charge on any atom is 0.272 e. The smallest absolute Gasteiger partial charge is 0.272 e. The van der Waals surface area contributed by atoms with Gasteiger partial charge in [0, 0.05) is 25.2 Å². The first-order valence-electron chi connectivity index (χ1n) is 7.30. The van der Waals surface area contributed by atoms with Gasteiger partial charge in [-0.3, -0.25) is 9.80 Å². The predicted molar refractivity (Wildman–Crippen MR) is 89.6 cm³/mol. The van der Waals surface area contributed by atoms with Crippen molar-refractivity contribution in [3.05, 3.63) is 35.9 Å². The van der Waals surface area contributed by atoms with Crippen LogP contribution in [0.15, 0.2) is 35.0 Å². The lowest BCUT2D eigenvalue weighted by molar-refractivity contribution is 0.0492. The largest absolute Gasteiger partial charge is 0.357 e. The van der Waals surface area contributed by atoms with Gasteiger partial charge in [-0.05, 0) is 54.1 Å². The molecule has 8 heteroatoms. The van der Waals surface area contributed by atoms with Crippen molar-refractivity contribution >= 4 is 34.3 Å². The van der Waals surface area contributed by atoms with Crippen LogP contribution >= 0.6 is 12.2 Å². The fourth-order valence-corrected chi connectivity index (χ4v) is 2.68. The van der Waals surface area contributed by atoms with E-state index in [1.807, 2.05) is 6.92 Å². The van der Waals surface area contributed by atoms with Gasteiger partial charge < -0.3 is 5.32 Å². The molecule has 7 nitrogen and oxygen atoms in total. The highest BCUT2D eigenvalue weighted by Crippen LogP contribution is 2.18. The van der Waals surface area contributed by atoms with E-state index in [-0.39, 0.29) is 5.91 Å². The van der Waals surface area contributed by atoms with E-state index in [0.717, 1.165) is 12.0 Å². The number of thiocarbonyl (C=S) groups is 1. The minimum absolute atomic E-state index is 0.119. The van der Waals surface area contributed by atoms with Gasteiger partial charge in [0.1, 0.15) is 11.0 Å². The van der Waals surface area contributed by atoms with E-state index in [9.17, 15) is 4.79 Å². The molecule has 1 N–H and O–H groups in total. The van der Waals surface area contributed by atoms with E-state index in [0.29, 0.717) is 41.3 Å². The number of amides is 1. The average Bonchev–Trinajstić information content (AvgIpc) is 3.19. The van der Waals surface area contributed by atoms with Crippen LogP contribution in [0.1, 0.15) is 23.7 Å². The molecule has 0 atom stereocenters. The summed E-state index contributed by atoms with van der Waals surface area (Å²) in [6, 6.07) is 5.11. The quantitative estimate of drug-likeness (QED) is 0.678. The summed E-state index contributed by atoms with van der Waals surface area (Å²) in [5.41, 5.74) is 2.69. The summed E-state index contributed by atoms with van der Waals surface area (Å²) in [7, 11) is 0. The van der Waals surface area contributed by atoms with E-state index in [4.69, 9.17) is 12.2 Å². The van der Waals surface area contributed by atoms with Gasteiger partial charge in [0.2, 0.25) is 0 Å². The molecule has 0 aliphatic carbocycles. The fourth-order valence-electron chi connectivity index (χ4n) is 2.42. The first-order chi connectivity index (χ1) is 11.1. The highest BCUT2D eigenvalue weighted by molar-refractivity contribution is 7.80. The lowest BCUT2D eigenvalue weighted by Crippen LogP contribution is -2.49. The van der Waals surface area contributed by atoms with Crippen molar-refractivity contribution in [2.45, 2.75) is 13.3 Å². The number of carbonyl (C=O) groups is 1. The topological polar surface area (TPSA) is 74.5 Å². The standard InChI is InChI=1S/C15H17N5O2S/c1-10(2)9-16-15(23)20-7-3-6-19(20)14(21)11-4-5-12-13(8-11)18-22-17-12/h4-5,8H,1,3,6-7,9H2,2H3,(H,16,23). The maximum absolute atomic E-state index is 12.8. The van der Waals surface area contributed by atoms with Gasteiger partial charge in [-0.25, -0.2) is 9.64 Å². The SMILES string of the molecule is C=C(C)CNC(=S)N1CCCN1C(=O)c1ccc2nonc2c1. The van der Waals surface area contributed by atoms with Crippen LogP contribution in [0, 0.1) is 0 Å². The van der Waals surface area contributed by atoms with E-state index in [1.165, 1.54) is 0 Å². The molecule has 1 aliphatic rings. The van der Waals surface area contributed by atoms with E-state index in [1.54, 1.807) is 28.2 Å². The van der Waals surface area contributed by atoms with Crippen molar-refractivity contribution in [2.75, 3.05) is 19.6 Å². The zero-order valence-electron chi connectivity index (χ0n) is 12.8. The van der Waals surface area contributed by atoms with E-state index in [2.05, 4.69) is 26.8 Å². The molecule has 0 spiro atoms. The van der Waals surface area contributed by atoms with Crippen molar-refractivity contribution in [2.24, 2.45) is 0 Å². The normalized spacial score (nSPS) is 14.3. The Morgan fingerprint density at radius 1 is 1.35 bits per heavy atom. The summed E-state index contributed by atoms with van der Waals surface area (Å²) < 4.78 is 4.66. The summed E-state index contributed by atoms with van der Waals surface area (Å²) in [6.07, 6.45) is 0.869. The van der Waals surface area contributed by atoms with Gasteiger partial charge >= 0.3 is 0 Å². The number of aromatic nitrogens is 2. The molecule has 0 unspecified atom stereocenters. The Morgan fingerprint density at radius 2 is 2.09 bits per heavy atom. The van der Waals surface area contributed by atoms with Crippen LogP contribution in [0.4, 0.5) is 0 Å². The van der Waals surface area contributed by atoms with Crippen LogP contribution in [0.2, 0.25) is 0 Å². The minimum Gasteiger partial charge on any atom is -0.357 e. The first kappa shape index (κ1) is 15.4. The Labute approximate surface area is 138 Å². The molecule has 120 valence electrons. The summed E-state index contributed by atoms with van der Waals surface area (Å²) in [6.45, 7) is 7.69. The molecule has 3 rings (SSSR count). The van der Waals surface area contributed by atoms with Gasteiger partial charge in [-0.2, -0.15) is 0 Å². The molecule has 1 aromatic carbocycles. The summed E-state index contributed by atoms with van der Waals surface area (Å²) in [5, 5.41) is 14.6. The number of carbonyl (C=O) groups excluding carboxylic acids is 1. The Morgan fingerprint density at radius 3 is 2.87 bits per heavy atom. The molecule has 23 heavy (non-hydrogen) atoms. The number of benzene rings is 1. The Kier molecular flexibility index (Phi) is 4.24. The number of nitrogens with one attached hydrogen (secondary N) is 1. The molecule has 2 heterocycles. The van der Waals surface area contributed by atoms with Crippen molar-refractivity contribution < 1.29 is 9.42 Å².